The summed E-state index contributed by atoms with van der Waals surface area (Å²) in [7, 11) is -1.33. The number of nitrogens with one attached hydrogen (secondary N) is 1. The SMILES string of the molecule is CCCCOC(=O)c1ccc(NC(=O)C2=C(C)c3cc(OC)c(OC)cc3N(Cc3ccccc3)S2(=O)=O)cc1. The first-order valence-corrected chi connectivity index (χ1v) is 14.3. The Morgan fingerprint density at radius 1 is 0.925 bits per heavy atom. The molecule has 0 saturated heterocycles. The summed E-state index contributed by atoms with van der Waals surface area (Å²) in [4.78, 5) is 25.4. The lowest BCUT2D eigenvalue weighted by atomic mass is 10.0. The number of esters is 1. The number of carbonyl (C=O) groups excluding carboxylic acids is 2. The number of sulfonamides is 1. The van der Waals surface area contributed by atoms with Crippen molar-refractivity contribution in [3.8, 4) is 11.5 Å². The van der Waals surface area contributed by atoms with Gasteiger partial charge < -0.3 is 19.5 Å². The summed E-state index contributed by atoms with van der Waals surface area (Å²) < 4.78 is 45.4. The van der Waals surface area contributed by atoms with Gasteiger partial charge in [0.05, 0.1) is 38.6 Å². The second-order valence-electron chi connectivity index (χ2n) is 9.20. The summed E-state index contributed by atoms with van der Waals surface area (Å²) in [6.07, 6.45) is 1.68. The molecule has 1 amide bonds. The van der Waals surface area contributed by atoms with E-state index in [1.54, 1.807) is 19.1 Å². The van der Waals surface area contributed by atoms with Gasteiger partial charge >= 0.3 is 5.97 Å². The van der Waals surface area contributed by atoms with E-state index < -0.39 is 21.9 Å². The van der Waals surface area contributed by atoms with Gasteiger partial charge in [0.15, 0.2) is 16.4 Å². The number of fused-ring (bicyclic) bond motifs is 1. The molecule has 10 heteroatoms. The highest BCUT2D eigenvalue weighted by Gasteiger charge is 2.40. The molecule has 0 spiro atoms. The third-order valence-electron chi connectivity index (χ3n) is 6.55. The minimum absolute atomic E-state index is 0.00452. The van der Waals surface area contributed by atoms with Gasteiger partial charge in [0.2, 0.25) is 0 Å². The summed E-state index contributed by atoms with van der Waals surface area (Å²) >= 11 is 0. The van der Waals surface area contributed by atoms with E-state index in [9.17, 15) is 18.0 Å². The summed E-state index contributed by atoms with van der Waals surface area (Å²) in [5, 5.41) is 2.67. The van der Waals surface area contributed by atoms with Crippen LogP contribution in [0.4, 0.5) is 11.4 Å². The van der Waals surface area contributed by atoms with Crippen molar-refractivity contribution in [3.63, 3.8) is 0 Å². The van der Waals surface area contributed by atoms with Crippen LogP contribution in [-0.2, 0) is 26.1 Å². The molecule has 1 N–H and O–H groups in total. The van der Waals surface area contributed by atoms with Crippen molar-refractivity contribution in [1.82, 2.24) is 0 Å². The minimum Gasteiger partial charge on any atom is -0.493 e. The number of carbonyl (C=O) groups is 2. The number of hydrogen-bond donors (Lipinski definition) is 1. The zero-order valence-corrected chi connectivity index (χ0v) is 23.7. The fraction of sp³-hybridized carbons (Fsp3) is 0.267. The first-order valence-electron chi connectivity index (χ1n) is 12.8. The number of amides is 1. The van der Waals surface area contributed by atoms with Crippen molar-refractivity contribution in [3.05, 3.63) is 88.3 Å². The highest BCUT2D eigenvalue weighted by Crippen LogP contribution is 2.45. The molecule has 1 aliphatic heterocycles. The van der Waals surface area contributed by atoms with E-state index in [-0.39, 0.29) is 17.0 Å². The van der Waals surface area contributed by atoms with Gasteiger partial charge in [-0.15, -0.1) is 0 Å². The van der Waals surface area contributed by atoms with E-state index in [1.807, 2.05) is 37.3 Å². The van der Waals surface area contributed by atoms with Crippen LogP contribution in [-0.4, -0.2) is 41.1 Å². The zero-order valence-electron chi connectivity index (χ0n) is 22.9. The van der Waals surface area contributed by atoms with Crippen LogP contribution in [0, 0.1) is 0 Å². The fourth-order valence-corrected chi connectivity index (χ4v) is 6.14. The van der Waals surface area contributed by atoms with Crippen LogP contribution in [0.2, 0.25) is 0 Å². The van der Waals surface area contributed by atoms with Gasteiger partial charge in [-0.3, -0.25) is 9.10 Å². The third-order valence-corrected chi connectivity index (χ3v) is 8.46. The summed E-state index contributed by atoms with van der Waals surface area (Å²) in [5.74, 6) is -0.490. The Morgan fingerprint density at radius 3 is 2.20 bits per heavy atom. The summed E-state index contributed by atoms with van der Waals surface area (Å²) in [6.45, 7) is 3.93. The number of anilines is 2. The average Bonchev–Trinajstić information content (AvgIpc) is 2.95. The Hall–Kier alpha value is -4.31. The Labute approximate surface area is 234 Å². The Bertz CT molecular complexity index is 1530. The Kier molecular flexibility index (Phi) is 8.79. The molecule has 3 aromatic rings. The van der Waals surface area contributed by atoms with E-state index in [2.05, 4.69) is 5.32 Å². The van der Waals surface area contributed by atoms with Gasteiger partial charge in [-0.25, -0.2) is 13.2 Å². The Morgan fingerprint density at radius 2 is 1.57 bits per heavy atom. The molecule has 40 heavy (non-hydrogen) atoms. The molecule has 210 valence electrons. The van der Waals surface area contributed by atoms with E-state index in [0.29, 0.717) is 40.6 Å². The van der Waals surface area contributed by atoms with Crippen molar-refractivity contribution >= 4 is 38.8 Å². The fourth-order valence-electron chi connectivity index (χ4n) is 4.41. The van der Waals surface area contributed by atoms with Gasteiger partial charge in [-0.1, -0.05) is 43.7 Å². The van der Waals surface area contributed by atoms with E-state index >= 15 is 0 Å². The number of hydrogen-bond acceptors (Lipinski definition) is 7. The highest BCUT2D eigenvalue weighted by atomic mass is 32.2. The quantitative estimate of drug-likeness (QED) is 0.260. The van der Waals surface area contributed by atoms with Crippen molar-refractivity contribution in [2.75, 3.05) is 30.4 Å². The first-order chi connectivity index (χ1) is 19.2. The lowest BCUT2D eigenvalue weighted by Gasteiger charge is -2.33. The maximum absolute atomic E-state index is 14.0. The van der Waals surface area contributed by atoms with Crippen LogP contribution < -0.4 is 19.1 Å². The van der Waals surface area contributed by atoms with Gasteiger partial charge in [-0.2, -0.15) is 0 Å². The number of nitrogens with zero attached hydrogens (tertiary/aromatic N) is 1. The second-order valence-corrected chi connectivity index (χ2v) is 11.0. The number of ether oxygens (including phenoxy) is 3. The second kappa shape index (κ2) is 12.3. The molecular formula is C30H32N2O7S. The van der Waals surface area contributed by atoms with Crippen LogP contribution in [0.5, 0.6) is 11.5 Å². The molecule has 1 aliphatic rings. The van der Waals surface area contributed by atoms with Crippen molar-refractivity contribution < 1.29 is 32.2 Å². The van der Waals surface area contributed by atoms with Gasteiger partial charge in [0, 0.05) is 17.3 Å². The molecule has 0 radical (unpaired) electrons. The van der Waals surface area contributed by atoms with Crippen LogP contribution in [0.25, 0.3) is 5.57 Å². The minimum atomic E-state index is -4.29. The number of rotatable bonds is 10. The first kappa shape index (κ1) is 28.7. The molecule has 0 unspecified atom stereocenters. The van der Waals surface area contributed by atoms with Crippen LogP contribution >= 0.6 is 0 Å². The Balaban J connectivity index is 1.71. The lowest BCUT2D eigenvalue weighted by molar-refractivity contribution is -0.112. The predicted octanol–water partition coefficient (Wildman–Crippen LogP) is 5.38. The predicted molar refractivity (Wildman–Crippen MR) is 154 cm³/mol. The number of benzene rings is 3. The molecule has 9 nitrogen and oxygen atoms in total. The van der Waals surface area contributed by atoms with E-state index in [4.69, 9.17) is 14.2 Å². The highest BCUT2D eigenvalue weighted by molar-refractivity contribution is 7.97. The molecule has 0 aromatic heterocycles. The van der Waals surface area contributed by atoms with Gasteiger partial charge in [0.25, 0.3) is 15.9 Å². The van der Waals surface area contributed by atoms with E-state index in [0.717, 1.165) is 18.4 Å². The van der Waals surface area contributed by atoms with Gasteiger partial charge in [-0.05, 0) is 54.8 Å². The van der Waals surface area contributed by atoms with Gasteiger partial charge in [0.1, 0.15) is 0 Å². The average molecular weight is 565 g/mol. The van der Waals surface area contributed by atoms with Crippen molar-refractivity contribution in [2.45, 2.75) is 33.2 Å². The normalized spacial score (nSPS) is 13.8. The molecule has 1 heterocycles. The number of allylic oxidation sites excluding steroid dienone is 1. The molecule has 0 atom stereocenters. The maximum atomic E-state index is 14.0. The van der Waals surface area contributed by atoms with Crippen molar-refractivity contribution in [2.24, 2.45) is 0 Å². The lowest BCUT2D eigenvalue weighted by Crippen LogP contribution is -2.39. The summed E-state index contributed by atoms with van der Waals surface area (Å²) in [5.41, 5.74) is 2.58. The molecule has 4 rings (SSSR count). The molecule has 3 aromatic carbocycles. The standard InChI is InChI=1S/C30H32N2O7S/c1-5-6-16-39-30(34)22-12-14-23(15-13-22)31-29(33)28-20(2)24-17-26(37-3)27(38-4)18-25(24)32(40(28,35)36)19-21-10-8-7-9-11-21/h7-15,17-18H,5-6,16,19H2,1-4H3,(H,31,33). The number of unbranched alkanes of at least 4 members (excludes halogenated alkanes) is 1. The molecular weight excluding hydrogens is 532 g/mol. The molecule has 0 aliphatic carbocycles. The maximum Gasteiger partial charge on any atom is 0.338 e. The largest absolute Gasteiger partial charge is 0.493 e. The van der Waals surface area contributed by atoms with Crippen LogP contribution in [0.1, 0.15) is 48.2 Å². The topological polar surface area (TPSA) is 111 Å². The monoisotopic (exact) mass is 564 g/mol. The number of methoxy groups -OCH3 is 2. The zero-order chi connectivity index (χ0) is 28.9. The molecule has 0 saturated carbocycles. The van der Waals surface area contributed by atoms with Crippen molar-refractivity contribution in [1.29, 1.82) is 0 Å². The molecule has 0 fully saturated rings. The van der Waals surface area contributed by atoms with Crippen LogP contribution in [0.15, 0.2) is 71.6 Å². The van der Waals surface area contributed by atoms with Crippen LogP contribution in [0.3, 0.4) is 0 Å². The molecule has 0 bridgehead atoms. The third kappa shape index (κ3) is 5.81. The summed E-state index contributed by atoms with van der Waals surface area (Å²) in [6, 6.07) is 18.5. The smallest absolute Gasteiger partial charge is 0.338 e. The van der Waals surface area contributed by atoms with E-state index in [1.165, 1.54) is 42.8 Å².